The molecule has 6 heteroatoms. The summed E-state index contributed by atoms with van der Waals surface area (Å²) in [6.45, 7) is 3.32. The minimum Gasteiger partial charge on any atom is -0.399 e. The van der Waals surface area contributed by atoms with Crippen LogP contribution in [0.1, 0.15) is 37.7 Å². The van der Waals surface area contributed by atoms with E-state index < -0.39 is 0 Å². The number of amides is 2. The zero-order chi connectivity index (χ0) is 18.4. The summed E-state index contributed by atoms with van der Waals surface area (Å²) in [6, 6.07) is 7.81. The molecule has 6 nitrogen and oxygen atoms in total. The Morgan fingerprint density at radius 1 is 1.00 bits per heavy atom. The second-order valence-corrected chi connectivity index (χ2v) is 7.48. The number of piperazine rings is 1. The second-order valence-electron chi connectivity index (χ2n) is 7.48. The molecule has 0 unspecified atom stereocenters. The number of nitrogens with zero attached hydrogens (tertiary/aromatic N) is 2. The molecule has 1 aromatic rings. The van der Waals surface area contributed by atoms with Crippen molar-refractivity contribution in [2.75, 3.05) is 38.5 Å². The minimum absolute atomic E-state index is 0.124. The SMILES string of the molecule is Nc1ccc(CC(=O)N2CCN(CC(=O)NC3CCCCC3)CC2)cc1. The van der Waals surface area contributed by atoms with Crippen LogP contribution in [-0.2, 0) is 16.0 Å². The minimum atomic E-state index is 0.124. The first-order valence-corrected chi connectivity index (χ1v) is 9.74. The lowest BCUT2D eigenvalue weighted by atomic mass is 9.95. The van der Waals surface area contributed by atoms with Gasteiger partial charge in [0.05, 0.1) is 13.0 Å². The highest BCUT2D eigenvalue weighted by Gasteiger charge is 2.23. The van der Waals surface area contributed by atoms with E-state index in [1.807, 2.05) is 29.2 Å². The normalized spacial score (nSPS) is 19.3. The van der Waals surface area contributed by atoms with E-state index in [0.29, 0.717) is 37.8 Å². The largest absolute Gasteiger partial charge is 0.399 e. The predicted octanol–water partition coefficient (Wildman–Crippen LogP) is 1.40. The standard InChI is InChI=1S/C20H30N4O2/c21-17-8-6-16(7-9-17)14-20(26)24-12-10-23(11-13-24)15-19(25)22-18-4-2-1-3-5-18/h6-9,18H,1-5,10-15,21H2,(H,22,25). The first-order chi connectivity index (χ1) is 12.6. The molecule has 1 saturated heterocycles. The summed E-state index contributed by atoms with van der Waals surface area (Å²) in [5.41, 5.74) is 7.37. The number of benzene rings is 1. The number of anilines is 1. The lowest BCUT2D eigenvalue weighted by Gasteiger charge is -2.34. The molecule has 1 heterocycles. The summed E-state index contributed by atoms with van der Waals surface area (Å²) in [5, 5.41) is 3.17. The van der Waals surface area contributed by atoms with E-state index in [9.17, 15) is 9.59 Å². The molecule has 1 aliphatic heterocycles. The molecule has 3 N–H and O–H groups in total. The van der Waals surface area contributed by atoms with Gasteiger partial charge in [-0.05, 0) is 30.5 Å². The van der Waals surface area contributed by atoms with Crippen molar-refractivity contribution in [2.45, 2.75) is 44.6 Å². The van der Waals surface area contributed by atoms with Gasteiger partial charge >= 0.3 is 0 Å². The van der Waals surface area contributed by atoms with E-state index in [1.54, 1.807) is 0 Å². The van der Waals surface area contributed by atoms with Crippen LogP contribution < -0.4 is 11.1 Å². The molecular weight excluding hydrogens is 328 g/mol. The van der Waals surface area contributed by atoms with E-state index >= 15 is 0 Å². The van der Waals surface area contributed by atoms with E-state index in [1.165, 1.54) is 19.3 Å². The molecular formula is C20H30N4O2. The second kappa shape index (κ2) is 9.03. The quantitative estimate of drug-likeness (QED) is 0.780. The first-order valence-electron chi connectivity index (χ1n) is 9.74. The zero-order valence-electron chi connectivity index (χ0n) is 15.5. The lowest BCUT2D eigenvalue weighted by molar-refractivity contribution is -0.132. The molecule has 1 saturated carbocycles. The van der Waals surface area contributed by atoms with Gasteiger partial charge in [0.1, 0.15) is 0 Å². The van der Waals surface area contributed by atoms with Gasteiger partial charge in [-0.3, -0.25) is 14.5 Å². The van der Waals surface area contributed by atoms with E-state index in [0.717, 1.165) is 31.5 Å². The number of carbonyl (C=O) groups is 2. The highest BCUT2D eigenvalue weighted by Crippen LogP contribution is 2.17. The van der Waals surface area contributed by atoms with Crippen molar-refractivity contribution >= 4 is 17.5 Å². The van der Waals surface area contributed by atoms with Gasteiger partial charge in [-0.1, -0.05) is 31.4 Å². The van der Waals surface area contributed by atoms with Crippen molar-refractivity contribution in [1.82, 2.24) is 15.1 Å². The molecule has 1 aliphatic carbocycles. The van der Waals surface area contributed by atoms with Crippen LogP contribution in [-0.4, -0.2) is 60.4 Å². The van der Waals surface area contributed by atoms with Crippen LogP contribution in [0.4, 0.5) is 5.69 Å². The van der Waals surface area contributed by atoms with Gasteiger partial charge in [0.2, 0.25) is 11.8 Å². The third-order valence-electron chi connectivity index (χ3n) is 5.40. The Morgan fingerprint density at radius 2 is 1.65 bits per heavy atom. The fraction of sp³-hybridized carbons (Fsp3) is 0.600. The number of hydrogen-bond acceptors (Lipinski definition) is 4. The molecule has 3 rings (SSSR count). The number of nitrogens with one attached hydrogen (secondary N) is 1. The smallest absolute Gasteiger partial charge is 0.234 e. The highest BCUT2D eigenvalue weighted by atomic mass is 16.2. The molecule has 0 radical (unpaired) electrons. The molecule has 0 atom stereocenters. The van der Waals surface area contributed by atoms with Crippen molar-refractivity contribution in [3.63, 3.8) is 0 Å². The summed E-state index contributed by atoms with van der Waals surface area (Å²) < 4.78 is 0. The molecule has 0 bridgehead atoms. The Labute approximate surface area is 155 Å². The number of nitrogens with two attached hydrogens (primary N) is 1. The first kappa shape index (κ1) is 18.7. The van der Waals surface area contributed by atoms with Gasteiger partial charge in [-0.2, -0.15) is 0 Å². The zero-order valence-corrected chi connectivity index (χ0v) is 15.5. The van der Waals surface area contributed by atoms with Crippen LogP contribution in [0.15, 0.2) is 24.3 Å². The van der Waals surface area contributed by atoms with Crippen LogP contribution in [0.25, 0.3) is 0 Å². The summed E-state index contributed by atoms with van der Waals surface area (Å²) in [4.78, 5) is 28.7. The maximum atomic E-state index is 12.4. The van der Waals surface area contributed by atoms with Crippen LogP contribution in [0.5, 0.6) is 0 Å². The average Bonchev–Trinajstić information content (AvgIpc) is 2.65. The maximum Gasteiger partial charge on any atom is 0.234 e. The van der Waals surface area contributed by atoms with Gasteiger partial charge in [-0.15, -0.1) is 0 Å². The van der Waals surface area contributed by atoms with Gasteiger partial charge in [0.25, 0.3) is 0 Å². The van der Waals surface area contributed by atoms with Gasteiger partial charge in [0, 0.05) is 37.9 Å². The van der Waals surface area contributed by atoms with Crippen molar-refractivity contribution in [1.29, 1.82) is 0 Å². The number of carbonyl (C=O) groups excluding carboxylic acids is 2. The van der Waals surface area contributed by atoms with Crippen LogP contribution in [0, 0.1) is 0 Å². The lowest BCUT2D eigenvalue weighted by Crippen LogP contribution is -2.52. The van der Waals surface area contributed by atoms with Crippen LogP contribution in [0.3, 0.4) is 0 Å². The van der Waals surface area contributed by atoms with Crippen molar-refractivity contribution in [3.8, 4) is 0 Å². The molecule has 0 spiro atoms. The van der Waals surface area contributed by atoms with Gasteiger partial charge in [0.15, 0.2) is 0 Å². The van der Waals surface area contributed by atoms with E-state index in [4.69, 9.17) is 5.73 Å². The van der Waals surface area contributed by atoms with E-state index in [-0.39, 0.29) is 11.8 Å². The fourth-order valence-electron chi connectivity index (χ4n) is 3.80. The van der Waals surface area contributed by atoms with E-state index in [2.05, 4.69) is 10.2 Å². The number of nitrogen functional groups attached to an aromatic ring is 1. The molecule has 2 fully saturated rings. The molecule has 0 aromatic heterocycles. The molecule has 1 aromatic carbocycles. The summed E-state index contributed by atoms with van der Waals surface area (Å²) >= 11 is 0. The number of hydrogen-bond donors (Lipinski definition) is 2. The van der Waals surface area contributed by atoms with Crippen molar-refractivity contribution in [3.05, 3.63) is 29.8 Å². The molecule has 2 aliphatic rings. The Morgan fingerprint density at radius 3 is 2.31 bits per heavy atom. The van der Waals surface area contributed by atoms with Gasteiger partial charge in [-0.25, -0.2) is 0 Å². The Kier molecular flexibility index (Phi) is 6.50. The molecule has 2 amide bonds. The summed E-state index contributed by atoms with van der Waals surface area (Å²) in [7, 11) is 0. The molecule has 142 valence electrons. The van der Waals surface area contributed by atoms with Crippen molar-refractivity contribution in [2.24, 2.45) is 0 Å². The molecule has 26 heavy (non-hydrogen) atoms. The monoisotopic (exact) mass is 358 g/mol. The predicted molar refractivity (Wildman–Crippen MR) is 103 cm³/mol. The fourth-order valence-corrected chi connectivity index (χ4v) is 3.80. The van der Waals surface area contributed by atoms with Crippen LogP contribution >= 0.6 is 0 Å². The summed E-state index contributed by atoms with van der Waals surface area (Å²) in [6.07, 6.45) is 6.36. The van der Waals surface area contributed by atoms with Crippen molar-refractivity contribution < 1.29 is 9.59 Å². The Hall–Kier alpha value is -2.08. The Balaban J connectivity index is 1.38. The number of rotatable bonds is 5. The van der Waals surface area contributed by atoms with Gasteiger partial charge < -0.3 is 16.0 Å². The average molecular weight is 358 g/mol. The Bertz CT molecular complexity index is 603. The maximum absolute atomic E-state index is 12.4. The van der Waals surface area contributed by atoms with Crippen LogP contribution in [0.2, 0.25) is 0 Å². The summed E-state index contributed by atoms with van der Waals surface area (Å²) in [5.74, 6) is 0.264. The topological polar surface area (TPSA) is 78.7 Å². The third kappa shape index (κ3) is 5.46. The highest BCUT2D eigenvalue weighted by molar-refractivity contribution is 5.79. The third-order valence-corrected chi connectivity index (χ3v) is 5.40.